The fourth-order valence-corrected chi connectivity index (χ4v) is 2.12. The molecule has 1 aromatic heterocycles. The van der Waals surface area contributed by atoms with Crippen LogP contribution in [0.2, 0.25) is 0 Å². The van der Waals surface area contributed by atoms with Crippen LogP contribution in [0.1, 0.15) is 17.5 Å². The van der Waals surface area contributed by atoms with Crippen molar-refractivity contribution in [1.29, 1.82) is 0 Å². The molecule has 0 atom stereocenters. The maximum atomic E-state index is 12.2. The second kappa shape index (κ2) is 6.79. The number of ether oxygens (including phenoxy) is 1. The first-order valence-electron chi connectivity index (χ1n) is 7.32. The van der Waals surface area contributed by atoms with Crippen LogP contribution in [0.15, 0.2) is 65.2 Å². The molecule has 0 aliphatic carbocycles. The minimum Gasteiger partial charge on any atom is -0.494 e. The monoisotopic (exact) mass is 308 g/mol. The summed E-state index contributed by atoms with van der Waals surface area (Å²) in [6, 6.07) is 18.3. The van der Waals surface area contributed by atoms with Crippen LogP contribution >= 0.6 is 0 Å². The number of benzene rings is 2. The van der Waals surface area contributed by atoms with E-state index in [9.17, 15) is 4.79 Å². The zero-order valence-corrected chi connectivity index (χ0v) is 12.7. The maximum Gasteiger partial charge on any atom is 0.294 e. The molecule has 2 aromatic carbocycles. The molecule has 0 fully saturated rings. The zero-order valence-electron chi connectivity index (χ0n) is 12.7. The second-order valence-corrected chi connectivity index (χ2v) is 4.85. The molecule has 1 heterocycles. The molecule has 0 aliphatic heterocycles. The summed E-state index contributed by atoms with van der Waals surface area (Å²) in [6.45, 7) is 2.52. The number of hydrogen-bond acceptors (Lipinski definition) is 4. The van der Waals surface area contributed by atoms with E-state index < -0.39 is 0 Å². The molecular formula is C18H16N2O3. The van der Waals surface area contributed by atoms with E-state index in [1.165, 1.54) is 0 Å². The van der Waals surface area contributed by atoms with Crippen molar-refractivity contribution >= 4 is 11.6 Å². The van der Waals surface area contributed by atoms with Crippen molar-refractivity contribution in [3.63, 3.8) is 0 Å². The Labute approximate surface area is 133 Å². The highest BCUT2D eigenvalue weighted by molar-refractivity contribution is 6.02. The molecular weight excluding hydrogens is 292 g/mol. The maximum absolute atomic E-state index is 12.2. The summed E-state index contributed by atoms with van der Waals surface area (Å²) in [6.07, 6.45) is 0. The molecule has 116 valence electrons. The van der Waals surface area contributed by atoms with Gasteiger partial charge in [-0.15, -0.1) is 0 Å². The largest absolute Gasteiger partial charge is 0.494 e. The van der Waals surface area contributed by atoms with Crippen LogP contribution in [-0.4, -0.2) is 17.7 Å². The smallest absolute Gasteiger partial charge is 0.294 e. The lowest BCUT2D eigenvalue weighted by atomic mass is 10.1. The van der Waals surface area contributed by atoms with Crippen molar-refractivity contribution in [3.8, 4) is 17.0 Å². The Hall–Kier alpha value is -3.08. The average molecular weight is 308 g/mol. The van der Waals surface area contributed by atoms with E-state index in [0.29, 0.717) is 18.0 Å². The number of aromatic nitrogens is 1. The van der Waals surface area contributed by atoms with Gasteiger partial charge in [-0.25, -0.2) is 0 Å². The van der Waals surface area contributed by atoms with E-state index >= 15 is 0 Å². The predicted octanol–water partition coefficient (Wildman–Crippen LogP) is 3.99. The molecule has 0 aliphatic rings. The fraction of sp³-hybridized carbons (Fsp3) is 0.111. The molecule has 5 nitrogen and oxygen atoms in total. The number of anilines is 1. The minimum atomic E-state index is -0.344. The number of nitrogens with zero attached hydrogens (tertiary/aromatic N) is 1. The van der Waals surface area contributed by atoms with Crippen LogP contribution in [0.3, 0.4) is 0 Å². The molecule has 0 saturated heterocycles. The van der Waals surface area contributed by atoms with E-state index in [0.717, 1.165) is 11.3 Å². The Morgan fingerprint density at radius 3 is 2.57 bits per heavy atom. The van der Waals surface area contributed by atoms with E-state index in [1.807, 2.05) is 37.3 Å². The summed E-state index contributed by atoms with van der Waals surface area (Å²) >= 11 is 0. The Kier molecular flexibility index (Phi) is 4.38. The Morgan fingerprint density at radius 2 is 1.87 bits per heavy atom. The Balaban J connectivity index is 1.70. The third-order valence-corrected chi connectivity index (χ3v) is 3.23. The first-order valence-corrected chi connectivity index (χ1v) is 7.32. The number of nitrogens with one attached hydrogen (secondary N) is 1. The normalized spacial score (nSPS) is 10.3. The molecule has 0 unspecified atom stereocenters. The van der Waals surface area contributed by atoms with Crippen LogP contribution in [-0.2, 0) is 0 Å². The van der Waals surface area contributed by atoms with Gasteiger partial charge >= 0.3 is 0 Å². The van der Waals surface area contributed by atoms with E-state index in [-0.39, 0.29) is 11.7 Å². The highest BCUT2D eigenvalue weighted by Crippen LogP contribution is 2.20. The van der Waals surface area contributed by atoms with Gasteiger partial charge in [0.05, 0.1) is 6.61 Å². The Morgan fingerprint density at radius 1 is 1.13 bits per heavy atom. The van der Waals surface area contributed by atoms with Crippen molar-refractivity contribution in [2.24, 2.45) is 0 Å². The van der Waals surface area contributed by atoms with Crippen LogP contribution in [0.25, 0.3) is 11.3 Å². The average Bonchev–Trinajstić information content (AvgIpc) is 3.08. The molecule has 0 bridgehead atoms. The van der Waals surface area contributed by atoms with Crippen LogP contribution in [0.5, 0.6) is 5.75 Å². The van der Waals surface area contributed by atoms with Gasteiger partial charge in [0.1, 0.15) is 11.4 Å². The summed E-state index contributed by atoms with van der Waals surface area (Å²) in [5.74, 6) is 0.582. The van der Waals surface area contributed by atoms with Crippen LogP contribution in [0.4, 0.5) is 5.69 Å². The quantitative estimate of drug-likeness (QED) is 0.774. The van der Waals surface area contributed by atoms with Gasteiger partial charge in [0.25, 0.3) is 5.91 Å². The SMILES string of the molecule is CCOc1ccc(NC(=O)c2cc(-c3ccccc3)no2)cc1. The molecule has 5 heteroatoms. The lowest BCUT2D eigenvalue weighted by Gasteiger charge is -2.05. The van der Waals surface area contributed by atoms with Gasteiger partial charge in [0.15, 0.2) is 0 Å². The standard InChI is InChI=1S/C18H16N2O3/c1-2-22-15-10-8-14(9-11-15)19-18(21)17-12-16(20-23-17)13-6-4-3-5-7-13/h3-12H,2H2,1H3,(H,19,21). The number of carbonyl (C=O) groups excluding carboxylic acids is 1. The third kappa shape index (κ3) is 3.58. The molecule has 1 amide bonds. The summed E-state index contributed by atoms with van der Waals surface area (Å²) in [5, 5.41) is 6.70. The summed E-state index contributed by atoms with van der Waals surface area (Å²) < 4.78 is 10.5. The molecule has 3 aromatic rings. The van der Waals surface area contributed by atoms with Gasteiger partial charge in [-0.2, -0.15) is 0 Å². The molecule has 0 spiro atoms. The van der Waals surface area contributed by atoms with E-state index in [2.05, 4.69) is 10.5 Å². The lowest BCUT2D eigenvalue weighted by Crippen LogP contribution is -2.10. The number of carbonyl (C=O) groups is 1. The van der Waals surface area contributed by atoms with Gasteiger partial charge in [-0.05, 0) is 31.2 Å². The Bertz CT molecular complexity index is 780. The number of hydrogen-bond donors (Lipinski definition) is 1. The van der Waals surface area contributed by atoms with Crippen molar-refractivity contribution in [3.05, 3.63) is 66.4 Å². The first-order chi connectivity index (χ1) is 11.3. The van der Waals surface area contributed by atoms with E-state index in [4.69, 9.17) is 9.26 Å². The topological polar surface area (TPSA) is 64.4 Å². The van der Waals surface area contributed by atoms with Crippen molar-refractivity contribution in [1.82, 2.24) is 5.16 Å². The molecule has 1 N–H and O–H groups in total. The van der Waals surface area contributed by atoms with Crippen molar-refractivity contribution in [2.75, 3.05) is 11.9 Å². The lowest BCUT2D eigenvalue weighted by molar-refractivity contribution is 0.0988. The van der Waals surface area contributed by atoms with Crippen molar-refractivity contribution < 1.29 is 14.1 Å². The van der Waals surface area contributed by atoms with Gasteiger partial charge in [-0.1, -0.05) is 35.5 Å². The summed E-state index contributed by atoms with van der Waals surface area (Å²) in [5.41, 5.74) is 2.19. The minimum absolute atomic E-state index is 0.165. The van der Waals surface area contributed by atoms with E-state index in [1.54, 1.807) is 30.3 Å². The number of rotatable bonds is 5. The summed E-state index contributed by atoms with van der Waals surface area (Å²) in [7, 11) is 0. The molecule has 3 rings (SSSR count). The molecule has 0 radical (unpaired) electrons. The zero-order chi connectivity index (χ0) is 16.1. The molecule has 23 heavy (non-hydrogen) atoms. The summed E-state index contributed by atoms with van der Waals surface area (Å²) in [4.78, 5) is 12.2. The first kappa shape index (κ1) is 14.8. The fourth-order valence-electron chi connectivity index (χ4n) is 2.12. The van der Waals surface area contributed by atoms with Gasteiger partial charge in [-0.3, -0.25) is 4.79 Å². The predicted molar refractivity (Wildman–Crippen MR) is 87.5 cm³/mol. The number of amides is 1. The highest BCUT2D eigenvalue weighted by Gasteiger charge is 2.14. The second-order valence-electron chi connectivity index (χ2n) is 4.85. The van der Waals surface area contributed by atoms with Gasteiger partial charge in [0, 0.05) is 17.3 Å². The van der Waals surface area contributed by atoms with Crippen LogP contribution < -0.4 is 10.1 Å². The van der Waals surface area contributed by atoms with Crippen molar-refractivity contribution in [2.45, 2.75) is 6.92 Å². The van der Waals surface area contributed by atoms with Crippen LogP contribution in [0, 0.1) is 0 Å². The van der Waals surface area contributed by atoms with Gasteiger partial charge < -0.3 is 14.6 Å². The molecule has 0 saturated carbocycles. The third-order valence-electron chi connectivity index (χ3n) is 3.23. The highest BCUT2D eigenvalue weighted by atomic mass is 16.5. The van der Waals surface area contributed by atoms with Gasteiger partial charge in [0.2, 0.25) is 5.76 Å².